The fourth-order valence-corrected chi connectivity index (χ4v) is 3.57. The van der Waals surface area contributed by atoms with Crippen molar-refractivity contribution >= 4 is 16.9 Å². The van der Waals surface area contributed by atoms with Crippen molar-refractivity contribution in [2.45, 2.75) is 26.5 Å². The van der Waals surface area contributed by atoms with Crippen molar-refractivity contribution in [3.05, 3.63) is 78.0 Å². The molecule has 0 spiro atoms. The first-order chi connectivity index (χ1) is 15.0. The van der Waals surface area contributed by atoms with Crippen LogP contribution in [0.1, 0.15) is 17.5 Å². The number of carbonyl (C=O) groups is 1. The van der Waals surface area contributed by atoms with E-state index in [0.29, 0.717) is 13.2 Å². The predicted molar refractivity (Wildman–Crippen MR) is 119 cm³/mol. The lowest BCUT2D eigenvalue weighted by Crippen LogP contribution is -2.05. The highest BCUT2D eigenvalue weighted by molar-refractivity contribution is 5.80. The minimum atomic E-state index is -0.836. The van der Waals surface area contributed by atoms with Crippen LogP contribution in [0, 0.1) is 6.92 Å². The quantitative estimate of drug-likeness (QED) is 0.434. The van der Waals surface area contributed by atoms with Crippen molar-refractivity contribution in [1.29, 1.82) is 0 Å². The summed E-state index contributed by atoms with van der Waals surface area (Å²) in [7, 11) is 1.67. The van der Waals surface area contributed by atoms with Crippen LogP contribution in [0.2, 0.25) is 0 Å². The number of benzene rings is 3. The lowest BCUT2D eigenvalue weighted by Gasteiger charge is -2.10. The topological polar surface area (TPSA) is 73.6 Å². The molecule has 158 valence electrons. The molecule has 1 N–H and O–H groups in total. The van der Waals surface area contributed by atoms with Crippen LogP contribution in [0.3, 0.4) is 0 Å². The molecular weight excluding hydrogens is 392 g/mol. The highest BCUT2D eigenvalue weighted by Gasteiger charge is 2.07. The van der Waals surface area contributed by atoms with Crippen molar-refractivity contribution in [2.24, 2.45) is 0 Å². The third-order valence-electron chi connectivity index (χ3n) is 5.25. The number of nitrogens with zero attached hydrogens (tertiary/aromatic N) is 2. The number of rotatable bonds is 8. The zero-order valence-corrected chi connectivity index (χ0v) is 17.5. The van der Waals surface area contributed by atoms with Gasteiger partial charge in [-0.25, -0.2) is 0 Å². The second kappa shape index (κ2) is 8.92. The van der Waals surface area contributed by atoms with Gasteiger partial charge < -0.3 is 14.6 Å². The molecule has 6 nitrogen and oxygen atoms in total. The smallest absolute Gasteiger partial charge is 0.305 e. The number of carboxylic acid groups (broad SMARTS) is 1. The Balaban J connectivity index is 1.42. The van der Waals surface area contributed by atoms with E-state index in [4.69, 9.17) is 14.6 Å². The molecule has 4 aromatic rings. The first-order valence-electron chi connectivity index (χ1n) is 10.1. The fraction of sp³-hybridized carbons (Fsp3) is 0.200. The standard InChI is InChI=1S/C25H24N2O4/c1-17-13-21(30-2)7-9-23(17)19-5-3-18(4-6-19)16-31-22-8-10-24-20(14-22)15-26-27(24)12-11-25(28)29/h3-10,13-15H,11-12,16H2,1-2H3,(H,28,29). The van der Waals surface area contributed by atoms with Gasteiger partial charge in [0.15, 0.2) is 0 Å². The van der Waals surface area contributed by atoms with Gasteiger partial charge in [0.05, 0.1) is 31.8 Å². The lowest BCUT2D eigenvalue weighted by atomic mass is 9.99. The van der Waals surface area contributed by atoms with Crippen LogP contribution in [-0.2, 0) is 17.9 Å². The molecule has 0 atom stereocenters. The molecule has 0 bridgehead atoms. The maximum atomic E-state index is 10.8. The molecule has 0 saturated heterocycles. The number of ether oxygens (including phenoxy) is 2. The normalized spacial score (nSPS) is 10.9. The van der Waals surface area contributed by atoms with Crippen LogP contribution in [0.25, 0.3) is 22.0 Å². The molecule has 6 heteroatoms. The summed E-state index contributed by atoms with van der Waals surface area (Å²) in [6.07, 6.45) is 1.77. The summed E-state index contributed by atoms with van der Waals surface area (Å²) in [5.74, 6) is 0.771. The molecule has 3 aromatic carbocycles. The first kappa shape index (κ1) is 20.5. The van der Waals surface area contributed by atoms with Crippen LogP contribution in [0.4, 0.5) is 0 Å². The van der Waals surface area contributed by atoms with Crippen molar-refractivity contribution in [2.75, 3.05) is 7.11 Å². The van der Waals surface area contributed by atoms with Gasteiger partial charge in [0.1, 0.15) is 18.1 Å². The van der Waals surface area contributed by atoms with E-state index in [1.165, 1.54) is 11.1 Å². The van der Waals surface area contributed by atoms with Crippen LogP contribution in [-0.4, -0.2) is 28.0 Å². The van der Waals surface area contributed by atoms with Crippen LogP contribution < -0.4 is 9.47 Å². The lowest BCUT2D eigenvalue weighted by molar-refractivity contribution is -0.137. The van der Waals surface area contributed by atoms with E-state index in [1.807, 2.05) is 30.3 Å². The van der Waals surface area contributed by atoms with E-state index in [9.17, 15) is 4.79 Å². The number of hydrogen-bond donors (Lipinski definition) is 1. The minimum absolute atomic E-state index is 0.0427. The molecule has 0 fully saturated rings. The van der Waals surface area contributed by atoms with E-state index >= 15 is 0 Å². The van der Waals surface area contributed by atoms with E-state index in [-0.39, 0.29) is 6.42 Å². The van der Waals surface area contributed by atoms with Crippen molar-refractivity contribution in [3.63, 3.8) is 0 Å². The maximum absolute atomic E-state index is 10.8. The largest absolute Gasteiger partial charge is 0.497 e. The molecule has 1 heterocycles. The monoisotopic (exact) mass is 416 g/mol. The second-order valence-electron chi connectivity index (χ2n) is 7.40. The fourth-order valence-electron chi connectivity index (χ4n) is 3.57. The average molecular weight is 416 g/mol. The molecule has 0 unspecified atom stereocenters. The Labute approximate surface area is 180 Å². The summed E-state index contributed by atoms with van der Waals surface area (Å²) in [6.45, 7) is 2.88. The van der Waals surface area contributed by atoms with E-state index in [2.05, 4.69) is 42.4 Å². The number of carboxylic acids is 1. The van der Waals surface area contributed by atoms with Gasteiger partial charge in [0, 0.05) is 5.39 Å². The van der Waals surface area contributed by atoms with E-state index in [0.717, 1.165) is 33.5 Å². The molecule has 31 heavy (non-hydrogen) atoms. The van der Waals surface area contributed by atoms with Crippen molar-refractivity contribution in [3.8, 4) is 22.6 Å². The van der Waals surface area contributed by atoms with Gasteiger partial charge in [-0.05, 0) is 59.5 Å². The molecule has 0 radical (unpaired) electrons. The number of aromatic nitrogens is 2. The summed E-state index contributed by atoms with van der Waals surface area (Å²) in [5, 5.41) is 14.1. The molecule has 0 aliphatic heterocycles. The van der Waals surface area contributed by atoms with E-state index in [1.54, 1.807) is 18.0 Å². The molecular formula is C25H24N2O4. The van der Waals surface area contributed by atoms with Gasteiger partial charge in [-0.1, -0.05) is 30.3 Å². The first-order valence-corrected chi connectivity index (χ1v) is 10.1. The van der Waals surface area contributed by atoms with Crippen LogP contribution in [0.15, 0.2) is 66.9 Å². The molecule has 0 saturated carbocycles. The SMILES string of the molecule is COc1ccc(-c2ccc(COc3ccc4c(cnn4CCC(=O)O)c3)cc2)c(C)c1. The Bertz CT molecular complexity index is 1210. The Morgan fingerprint density at radius 1 is 1.03 bits per heavy atom. The summed E-state index contributed by atoms with van der Waals surface area (Å²) >= 11 is 0. The number of hydrogen-bond acceptors (Lipinski definition) is 4. The van der Waals surface area contributed by atoms with Gasteiger partial charge in [-0.2, -0.15) is 5.10 Å². The summed E-state index contributed by atoms with van der Waals surface area (Å²) < 4.78 is 12.9. The zero-order valence-electron chi connectivity index (χ0n) is 17.5. The molecule has 0 amide bonds. The highest BCUT2D eigenvalue weighted by atomic mass is 16.5. The Kier molecular flexibility index (Phi) is 5.89. The molecule has 4 rings (SSSR count). The van der Waals surface area contributed by atoms with Crippen molar-refractivity contribution < 1.29 is 19.4 Å². The van der Waals surface area contributed by atoms with E-state index < -0.39 is 5.97 Å². The van der Waals surface area contributed by atoms with Gasteiger partial charge >= 0.3 is 5.97 Å². The van der Waals surface area contributed by atoms with Gasteiger partial charge in [0.25, 0.3) is 0 Å². The Hall–Kier alpha value is -3.80. The van der Waals surface area contributed by atoms with Gasteiger partial charge in [-0.15, -0.1) is 0 Å². The maximum Gasteiger partial charge on any atom is 0.305 e. The minimum Gasteiger partial charge on any atom is -0.497 e. The third-order valence-corrected chi connectivity index (χ3v) is 5.25. The van der Waals surface area contributed by atoms with Crippen LogP contribution in [0.5, 0.6) is 11.5 Å². The summed E-state index contributed by atoms with van der Waals surface area (Å²) in [4.78, 5) is 10.8. The van der Waals surface area contributed by atoms with Gasteiger partial charge in [0.2, 0.25) is 0 Å². The summed E-state index contributed by atoms with van der Waals surface area (Å²) in [5.41, 5.74) is 5.47. The van der Waals surface area contributed by atoms with Crippen molar-refractivity contribution in [1.82, 2.24) is 9.78 Å². The molecule has 0 aliphatic rings. The van der Waals surface area contributed by atoms with Gasteiger partial charge in [-0.3, -0.25) is 9.48 Å². The summed E-state index contributed by atoms with van der Waals surface area (Å²) in [6, 6.07) is 20.1. The number of fused-ring (bicyclic) bond motifs is 1. The zero-order chi connectivity index (χ0) is 21.8. The second-order valence-corrected chi connectivity index (χ2v) is 7.40. The number of methoxy groups -OCH3 is 1. The Morgan fingerprint density at radius 2 is 1.81 bits per heavy atom. The average Bonchev–Trinajstić information content (AvgIpc) is 3.19. The third kappa shape index (κ3) is 4.69. The Morgan fingerprint density at radius 3 is 2.52 bits per heavy atom. The molecule has 0 aliphatic carbocycles. The number of aryl methyl sites for hydroxylation is 2. The highest BCUT2D eigenvalue weighted by Crippen LogP contribution is 2.27. The van der Waals surface area contributed by atoms with Crippen LogP contribution >= 0.6 is 0 Å². The predicted octanol–water partition coefficient (Wildman–Crippen LogP) is 5.07. The molecule has 1 aromatic heterocycles. The number of aliphatic carboxylic acids is 1.